The van der Waals surface area contributed by atoms with Crippen LogP contribution in [0.5, 0.6) is 0 Å². The smallest absolute Gasteiger partial charge is 0.264 e. The van der Waals surface area contributed by atoms with Crippen LogP contribution in [0.1, 0.15) is 27.8 Å². The van der Waals surface area contributed by atoms with Crippen LogP contribution in [-0.2, 0) is 27.7 Å². The molecule has 0 aliphatic heterocycles. The molecular weight excluding hydrogens is 506 g/mol. The van der Waals surface area contributed by atoms with Gasteiger partial charge in [-0.05, 0) is 78.4 Å². The molecule has 188 valence electrons. The van der Waals surface area contributed by atoms with Crippen LogP contribution in [0.4, 0.5) is 5.69 Å². The lowest BCUT2D eigenvalue weighted by Gasteiger charge is -2.25. The van der Waals surface area contributed by atoms with E-state index in [1.165, 1.54) is 28.6 Å². The van der Waals surface area contributed by atoms with E-state index in [-0.39, 0.29) is 4.90 Å². The summed E-state index contributed by atoms with van der Waals surface area (Å²) >= 11 is 6.19. The van der Waals surface area contributed by atoms with E-state index in [1.54, 1.807) is 43.5 Å². The topological polar surface area (TPSA) is 78.8 Å². The van der Waals surface area contributed by atoms with Gasteiger partial charge in [0, 0.05) is 10.6 Å². The van der Waals surface area contributed by atoms with E-state index >= 15 is 0 Å². The maximum absolute atomic E-state index is 13.6. The van der Waals surface area contributed by atoms with Crippen molar-refractivity contribution >= 4 is 50.2 Å². The second-order valence-corrected chi connectivity index (χ2v) is 11.5. The van der Waals surface area contributed by atoms with Crippen molar-refractivity contribution in [3.63, 3.8) is 0 Å². The van der Waals surface area contributed by atoms with Crippen molar-refractivity contribution in [2.45, 2.75) is 31.6 Å². The molecule has 8 heteroatoms. The summed E-state index contributed by atoms with van der Waals surface area (Å²) in [6.07, 6.45) is 3.65. The van der Waals surface area contributed by atoms with Gasteiger partial charge in [0.15, 0.2) is 0 Å². The third-order valence-corrected chi connectivity index (χ3v) is 8.65. The molecule has 0 aromatic heterocycles. The van der Waals surface area contributed by atoms with E-state index < -0.39 is 22.5 Å². The van der Waals surface area contributed by atoms with E-state index in [9.17, 15) is 13.2 Å². The van der Waals surface area contributed by atoms with Crippen molar-refractivity contribution < 1.29 is 13.2 Å². The molecule has 0 atom stereocenters. The highest BCUT2D eigenvalue weighted by molar-refractivity contribution is 7.92. The summed E-state index contributed by atoms with van der Waals surface area (Å²) in [5.74, 6) is -0.572. The second kappa shape index (κ2) is 10.00. The molecule has 1 N–H and O–H groups in total. The lowest BCUT2D eigenvalue weighted by molar-refractivity contribution is -0.119. The summed E-state index contributed by atoms with van der Waals surface area (Å²) in [6, 6.07) is 21.8. The van der Waals surface area contributed by atoms with Crippen LogP contribution in [-0.4, -0.2) is 27.1 Å². The number of hydrogen-bond acceptors (Lipinski definition) is 4. The van der Waals surface area contributed by atoms with E-state index in [0.717, 1.165) is 33.7 Å². The number of halogens is 1. The Morgan fingerprint density at radius 3 is 2.49 bits per heavy atom. The number of nitrogens with one attached hydrogen (secondary N) is 1. The highest BCUT2D eigenvalue weighted by Crippen LogP contribution is 2.32. The van der Waals surface area contributed by atoms with Crippen molar-refractivity contribution in [3.8, 4) is 0 Å². The summed E-state index contributed by atoms with van der Waals surface area (Å²) in [5.41, 5.74) is 7.96. The first kappa shape index (κ1) is 25.0. The predicted octanol–water partition coefficient (Wildman–Crippen LogP) is 5.55. The van der Waals surface area contributed by atoms with Crippen LogP contribution < -0.4 is 9.73 Å². The average Bonchev–Trinajstić information content (AvgIpc) is 3.30. The minimum absolute atomic E-state index is 0.0849. The monoisotopic (exact) mass is 531 g/mol. The summed E-state index contributed by atoms with van der Waals surface area (Å²) in [5, 5.41) is 6.86. The van der Waals surface area contributed by atoms with Gasteiger partial charge in [0.05, 0.1) is 16.8 Å². The third-order valence-electron chi connectivity index (χ3n) is 6.64. The van der Waals surface area contributed by atoms with Gasteiger partial charge in [-0.25, -0.2) is 13.8 Å². The number of hydrogen-bond donors (Lipinski definition) is 1. The molecule has 0 saturated carbocycles. The highest BCUT2D eigenvalue weighted by Gasteiger charge is 2.28. The van der Waals surface area contributed by atoms with E-state index in [4.69, 9.17) is 11.6 Å². The van der Waals surface area contributed by atoms with Crippen LogP contribution in [0, 0.1) is 13.8 Å². The number of nitrogens with zero attached hydrogens (tertiary/aromatic N) is 2. The fourth-order valence-electron chi connectivity index (χ4n) is 4.71. The molecule has 0 bridgehead atoms. The van der Waals surface area contributed by atoms with Gasteiger partial charge in [-0.2, -0.15) is 5.10 Å². The van der Waals surface area contributed by atoms with Gasteiger partial charge in [0.1, 0.15) is 6.54 Å². The van der Waals surface area contributed by atoms with Gasteiger partial charge in [0.25, 0.3) is 15.9 Å². The Balaban J connectivity index is 1.42. The molecule has 0 saturated heterocycles. The Morgan fingerprint density at radius 2 is 1.73 bits per heavy atom. The van der Waals surface area contributed by atoms with Crippen molar-refractivity contribution in [2.24, 2.45) is 5.10 Å². The molecular formula is C29H26ClN3O3S. The molecule has 37 heavy (non-hydrogen) atoms. The van der Waals surface area contributed by atoms with Crippen LogP contribution in [0.2, 0.25) is 5.02 Å². The quantitative estimate of drug-likeness (QED) is 0.251. The van der Waals surface area contributed by atoms with Gasteiger partial charge >= 0.3 is 0 Å². The largest absolute Gasteiger partial charge is 0.271 e. The maximum atomic E-state index is 13.6. The lowest BCUT2D eigenvalue weighted by atomic mass is 10.0. The van der Waals surface area contributed by atoms with Gasteiger partial charge < -0.3 is 0 Å². The first-order valence-corrected chi connectivity index (χ1v) is 13.8. The van der Waals surface area contributed by atoms with Crippen LogP contribution in [0.15, 0.2) is 82.8 Å². The standard InChI is InChI=1S/C29H26ClN3O3S/c1-19-6-14-25(15-7-19)37(35,36)33(27-16-24(30)13-8-20(27)2)18-28(34)32-31-17-23-12-11-22-10-9-21-4-3-5-26(23)29(21)22/h3-8,11-17H,9-10,18H2,1-2H3,(H,32,34)/b31-17-. The molecule has 4 aromatic rings. The zero-order valence-electron chi connectivity index (χ0n) is 20.5. The number of benzene rings is 4. The van der Waals surface area contributed by atoms with Gasteiger partial charge in [-0.3, -0.25) is 9.10 Å². The molecule has 1 aliphatic rings. The molecule has 0 radical (unpaired) electrons. The molecule has 4 aromatic carbocycles. The van der Waals surface area contributed by atoms with Gasteiger partial charge in [-0.1, -0.05) is 65.7 Å². The number of rotatable bonds is 7. The van der Waals surface area contributed by atoms with Gasteiger partial charge in [-0.15, -0.1) is 0 Å². The molecule has 6 nitrogen and oxygen atoms in total. The first-order valence-electron chi connectivity index (χ1n) is 11.9. The second-order valence-electron chi connectivity index (χ2n) is 9.20. The molecule has 1 amide bonds. The molecule has 1 aliphatic carbocycles. The SMILES string of the molecule is Cc1ccc(S(=O)(=O)N(CC(=O)N/N=C\c2ccc3c4c(cccc24)CC3)c2cc(Cl)ccc2C)cc1. The fourth-order valence-corrected chi connectivity index (χ4v) is 6.35. The normalized spacial score (nSPS) is 12.8. The van der Waals surface area contributed by atoms with Crippen molar-refractivity contribution in [1.82, 2.24) is 5.43 Å². The van der Waals surface area contributed by atoms with Gasteiger partial charge in [0.2, 0.25) is 0 Å². The molecule has 5 rings (SSSR count). The minimum atomic E-state index is -4.05. The highest BCUT2D eigenvalue weighted by atomic mass is 35.5. The summed E-state index contributed by atoms with van der Waals surface area (Å²) < 4.78 is 28.3. The number of aryl methyl sites for hydroxylation is 4. The summed E-state index contributed by atoms with van der Waals surface area (Å²) in [6.45, 7) is 3.19. The number of anilines is 1. The molecule has 0 fully saturated rings. The van der Waals surface area contributed by atoms with Crippen molar-refractivity contribution in [2.75, 3.05) is 10.8 Å². The van der Waals surface area contributed by atoms with Crippen LogP contribution in [0.3, 0.4) is 0 Å². The van der Waals surface area contributed by atoms with E-state index in [1.807, 2.05) is 19.1 Å². The number of carbonyl (C=O) groups excluding carboxylic acids is 1. The summed E-state index contributed by atoms with van der Waals surface area (Å²) in [7, 11) is -4.05. The van der Waals surface area contributed by atoms with Crippen molar-refractivity contribution in [3.05, 3.63) is 106 Å². The lowest BCUT2D eigenvalue weighted by Crippen LogP contribution is -2.40. The van der Waals surface area contributed by atoms with E-state index in [0.29, 0.717) is 16.3 Å². The zero-order chi connectivity index (χ0) is 26.2. The predicted molar refractivity (Wildman–Crippen MR) is 149 cm³/mol. The number of sulfonamides is 1. The number of hydrazone groups is 1. The maximum Gasteiger partial charge on any atom is 0.264 e. The summed E-state index contributed by atoms with van der Waals surface area (Å²) in [4.78, 5) is 13.0. The Bertz CT molecular complexity index is 1640. The number of carbonyl (C=O) groups is 1. The average molecular weight is 532 g/mol. The Kier molecular flexibility index (Phi) is 6.75. The Morgan fingerprint density at radius 1 is 1.00 bits per heavy atom. The first-order chi connectivity index (χ1) is 17.7. The minimum Gasteiger partial charge on any atom is -0.271 e. The molecule has 0 unspecified atom stereocenters. The van der Waals surface area contributed by atoms with Crippen molar-refractivity contribution in [1.29, 1.82) is 0 Å². The van der Waals surface area contributed by atoms with Crippen LogP contribution in [0.25, 0.3) is 10.8 Å². The third kappa shape index (κ3) is 4.97. The molecule has 0 spiro atoms. The Hall–Kier alpha value is -3.68. The zero-order valence-corrected chi connectivity index (χ0v) is 22.1. The van der Waals surface area contributed by atoms with Crippen LogP contribution >= 0.6 is 11.6 Å². The van der Waals surface area contributed by atoms with E-state index in [2.05, 4.69) is 28.7 Å². The number of amides is 1. The fraction of sp³-hybridized carbons (Fsp3) is 0.172. The Labute approximate surface area is 221 Å². The molecule has 0 heterocycles.